The summed E-state index contributed by atoms with van der Waals surface area (Å²) in [7, 11) is 0. The van der Waals surface area contributed by atoms with Gasteiger partial charge in [0, 0.05) is 11.1 Å². The van der Waals surface area contributed by atoms with Gasteiger partial charge in [-0.2, -0.15) is 0 Å². The van der Waals surface area contributed by atoms with E-state index in [9.17, 15) is 0 Å². The third-order valence-electron chi connectivity index (χ3n) is 3.06. The molecule has 1 N–H and O–H groups in total. The van der Waals surface area contributed by atoms with Crippen LogP contribution in [0.3, 0.4) is 0 Å². The molecule has 0 saturated heterocycles. The van der Waals surface area contributed by atoms with E-state index in [1.54, 1.807) is 0 Å². The highest BCUT2D eigenvalue weighted by molar-refractivity contribution is 5.41. The average molecular weight is 266 g/mol. The van der Waals surface area contributed by atoms with Gasteiger partial charge in [-0.05, 0) is 24.1 Å². The monoisotopic (exact) mass is 266 g/mol. The van der Waals surface area contributed by atoms with Crippen molar-refractivity contribution >= 4 is 0 Å². The van der Waals surface area contributed by atoms with Gasteiger partial charge in [0.05, 0.1) is 0 Å². The fourth-order valence-corrected chi connectivity index (χ4v) is 2.00. The maximum Gasteiger partial charge on any atom is 0.122 e. The maximum atomic E-state index is 8.79. The van der Waals surface area contributed by atoms with E-state index in [2.05, 4.69) is 24.8 Å². The zero-order chi connectivity index (χ0) is 14.2. The zero-order valence-electron chi connectivity index (χ0n) is 11.6. The number of ether oxygens (including phenoxy) is 1. The van der Waals surface area contributed by atoms with E-state index in [1.807, 2.05) is 42.5 Å². The smallest absolute Gasteiger partial charge is 0.122 e. The Labute approximate surface area is 120 Å². The lowest BCUT2D eigenvalue weighted by molar-refractivity contribution is 0.303. The highest BCUT2D eigenvalue weighted by atomic mass is 16.5. The summed E-state index contributed by atoms with van der Waals surface area (Å²) in [5.74, 6) is 6.54. The fourth-order valence-electron chi connectivity index (χ4n) is 2.00. The van der Waals surface area contributed by atoms with Gasteiger partial charge in [0.2, 0.25) is 0 Å². The van der Waals surface area contributed by atoms with E-state index in [1.165, 1.54) is 5.56 Å². The average Bonchev–Trinajstić information content (AvgIpc) is 2.52. The highest BCUT2D eigenvalue weighted by Gasteiger charge is 2.03. The Morgan fingerprint density at radius 3 is 2.45 bits per heavy atom. The maximum absolute atomic E-state index is 8.79. The van der Waals surface area contributed by atoms with Crippen LogP contribution in [0.5, 0.6) is 5.75 Å². The molecule has 0 aliphatic rings. The lowest BCUT2D eigenvalue weighted by atomic mass is 10.1. The second-order valence-corrected chi connectivity index (χ2v) is 4.37. The summed E-state index contributed by atoms with van der Waals surface area (Å²) in [6, 6.07) is 15.9. The Morgan fingerprint density at radius 2 is 1.70 bits per heavy atom. The number of hydrogen-bond acceptors (Lipinski definition) is 2. The zero-order valence-corrected chi connectivity index (χ0v) is 11.6. The molecule has 0 aliphatic carbocycles. The van der Waals surface area contributed by atoms with Crippen LogP contribution in [0, 0.1) is 11.8 Å². The molecule has 2 rings (SSSR count). The lowest BCUT2D eigenvalue weighted by Crippen LogP contribution is -2.00. The summed E-state index contributed by atoms with van der Waals surface area (Å²) >= 11 is 0. The van der Waals surface area contributed by atoms with Crippen molar-refractivity contribution in [2.24, 2.45) is 0 Å². The second-order valence-electron chi connectivity index (χ2n) is 4.37. The van der Waals surface area contributed by atoms with Crippen molar-refractivity contribution in [2.75, 3.05) is 6.61 Å². The molecule has 2 aromatic rings. The van der Waals surface area contributed by atoms with Crippen LogP contribution in [-0.2, 0) is 13.0 Å². The molecule has 2 nitrogen and oxygen atoms in total. The molecule has 102 valence electrons. The first-order chi connectivity index (χ1) is 9.85. The second kappa shape index (κ2) is 7.37. The molecule has 2 aromatic carbocycles. The van der Waals surface area contributed by atoms with Crippen LogP contribution < -0.4 is 4.74 Å². The summed E-state index contributed by atoms with van der Waals surface area (Å²) < 4.78 is 5.90. The number of aryl methyl sites for hydroxylation is 1. The van der Waals surface area contributed by atoms with E-state index < -0.39 is 0 Å². The predicted molar refractivity (Wildman–Crippen MR) is 80.6 cm³/mol. The Balaban J connectivity index is 2.15. The molecular formula is C18H18O2. The van der Waals surface area contributed by atoms with E-state index >= 15 is 0 Å². The van der Waals surface area contributed by atoms with Crippen molar-refractivity contribution in [3.8, 4) is 17.6 Å². The number of benzene rings is 2. The van der Waals surface area contributed by atoms with Crippen molar-refractivity contribution < 1.29 is 9.84 Å². The van der Waals surface area contributed by atoms with Crippen LogP contribution in [0.15, 0.2) is 48.5 Å². The summed E-state index contributed by atoms with van der Waals surface area (Å²) in [5, 5.41) is 8.79. The lowest BCUT2D eigenvalue weighted by Gasteiger charge is -2.11. The van der Waals surface area contributed by atoms with Crippen molar-refractivity contribution in [1.29, 1.82) is 0 Å². The topological polar surface area (TPSA) is 29.5 Å². The van der Waals surface area contributed by atoms with Gasteiger partial charge >= 0.3 is 0 Å². The normalized spacial score (nSPS) is 9.70. The van der Waals surface area contributed by atoms with E-state index in [-0.39, 0.29) is 6.61 Å². The Kier molecular flexibility index (Phi) is 5.23. The molecule has 0 unspecified atom stereocenters. The minimum atomic E-state index is -0.131. The van der Waals surface area contributed by atoms with Gasteiger partial charge in [0.1, 0.15) is 19.0 Å². The molecule has 0 aliphatic heterocycles. The number of aliphatic hydroxyl groups excluding tert-OH is 1. The van der Waals surface area contributed by atoms with Crippen molar-refractivity contribution in [2.45, 2.75) is 20.0 Å². The molecule has 0 fully saturated rings. The van der Waals surface area contributed by atoms with E-state index in [0.717, 1.165) is 23.3 Å². The van der Waals surface area contributed by atoms with Gasteiger partial charge in [-0.25, -0.2) is 0 Å². The molecule has 0 spiro atoms. The Morgan fingerprint density at radius 1 is 1.00 bits per heavy atom. The van der Waals surface area contributed by atoms with Crippen LogP contribution in [-0.4, -0.2) is 11.7 Å². The van der Waals surface area contributed by atoms with Crippen molar-refractivity contribution in [3.63, 3.8) is 0 Å². The van der Waals surface area contributed by atoms with Gasteiger partial charge in [0.25, 0.3) is 0 Å². The number of rotatable bonds is 4. The van der Waals surface area contributed by atoms with Crippen molar-refractivity contribution in [3.05, 3.63) is 65.2 Å². The molecule has 0 aromatic heterocycles. The first-order valence-corrected chi connectivity index (χ1v) is 6.73. The molecule has 0 radical (unpaired) electrons. The van der Waals surface area contributed by atoms with Gasteiger partial charge < -0.3 is 9.84 Å². The largest absolute Gasteiger partial charge is 0.489 e. The van der Waals surface area contributed by atoms with Crippen LogP contribution in [0.2, 0.25) is 0 Å². The van der Waals surface area contributed by atoms with E-state index in [4.69, 9.17) is 9.84 Å². The molecule has 20 heavy (non-hydrogen) atoms. The molecule has 0 amide bonds. The molecule has 0 bridgehead atoms. The number of aliphatic hydroxyl groups is 1. The van der Waals surface area contributed by atoms with Gasteiger partial charge in [-0.15, -0.1) is 0 Å². The molecular weight excluding hydrogens is 248 g/mol. The highest BCUT2D eigenvalue weighted by Crippen LogP contribution is 2.20. The summed E-state index contributed by atoms with van der Waals surface area (Å²) in [5.41, 5.74) is 3.13. The van der Waals surface area contributed by atoms with Crippen LogP contribution in [0.25, 0.3) is 0 Å². The Hall–Kier alpha value is -2.24. The van der Waals surface area contributed by atoms with Crippen molar-refractivity contribution in [1.82, 2.24) is 0 Å². The summed E-state index contributed by atoms with van der Waals surface area (Å²) in [6.45, 7) is 2.46. The first-order valence-electron chi connectivity index (χ1n) is 6.73. The molecule has 0 saturated carbocycles. The predicted octanol–water partition coefficient (Wildman–Crippen LogP) is 3.17. The number of hydrogen-bond donors (Lipinski definition) is 1. The van der Waals surface area contributed by atoms with E-state index in [0.29, 0.717) is 6.61 Å². The minimum Gasteiger partial charge on any atom is -0.489 e. The standard InChI is InChI=1S/C18H18O2/c1-2-15-8-5-6-12-18(15)20-14-17-10-4-3-9-16(17)11-7-13-19/h3-6,8-10,12,19H,2,13-14H2,1H3. The van der Waals surface area contributed by atoms with Crippen LogP contribution in [0.4, 0.5) is 0 Å². The minimum absolute atomic E-state index is 0.131. The van der Waals surface area contributed by atoms with Gasteiger partial charge in [0.15, 0.2) is 0 Å². The van der Waals surface area contributed by atoms with Gasteiger partial charge in [-0.3, -0.25) is 0 Å². The quantitative estimate of drug-likeness (QED) is 0.861. The molecule has 0 heterocycles. The third kappa shape index (κ3) is 3.63. The molecule has 2 heteroatoms. The van der Waals surface area contributed by atoms with Crippen LogP contribution >= 0.6 is 0 Å². The summed E-state index contributed by atoms with van der Waals surface area (Å²) in [4.78, 5) is 0. The first kappa shape index (κ1) is 14.2. The molecule has 0 atom stereocenters. The SMILES string of the molecule is CCc1ccccc1OCc1ccccc1C#CCO. The Bertz CT molecular complexity index is 621. The summed E-state index contributed by atoms with van der Waals surface area (Å²) in [6.07, 6.45) is 0.947. The third-order valence-corrected chi connectivity index (χ3v) is 3.06. The van der Waals surface area contributed by atoms with Gasteiger partial charge in [-0.1, -0.05) is 55.2 Å². The fraction of sp³-hybridized carbons (Fsp3) is 0.222. The van der Waals surface area contributed by atoms with Crippen LogP contribution in [0.1, 0.15) is 23.6 Å². The number of para-hydroxylation sites is 1.